The van der Waals surface area contributed by atoms with Crippen LogP contribution in [0.2, 0.25) is 0 Å². The molecule has 1 fully saturated rings. The predicted octanol–water partition coefficient (Wildman–Crippen LogP) is 3.79. The Morgan fingerprint density at radius 2 is 1.91 bits per heavy atom. The number of carbonyl (C=O) groups is 1. The van der Waals surface area contributed by atoms with Crippen molar-refractivity contribution in [3.05, 3.63) is 60.0 Å². The van der Waals surface area contributed by atoms with E-state index < -0.39 is 40.4 Å². The molecule has 11 heteroatoms. The largest absolute Gasteiger partial charge is 0.407 e. The van der Waals surface area contributed by atoms with Crippen LogP contribution in [0.3, 0.4) is 0 Å². The average Bonchev–Trinajstić information content (AvgIpc) is 3.57. The molecule has 1 aromatic carbocycles. The van der Waals surface area contributed by atoms with Gasteiger partial charge in [-0.05, 0) is 56.0 Å². The molecule has 1 heterocycles. The van der Waals surface area contributed by atoms with Crippen LogP contribution in [-0.4, -0.2) is 39.1 Å². The predicted molar refractivity (Wildman–Crippen MR) is 115 cm³/mol. The highest BCUT2D eigenvalue weighted by Crippen LogP contribution is 2.34. The zero-order valence-electron chi connectivity index (χ0n) is 17.8. The van der Waals surface area contributed by atoms with Gasteiger partial charge >= 0.3 is 6.18 Å². The molecule has 3 unspecified atom stereocenters. The van der Waals surface area contributed by atoms with Crippen LogP contribution >= 0.6 is 0 Å². The zero-order chi connectivity index (χ0) is 24.5. The van der Waals surface area contributed by atoms with Crippen molar-refractivity contribution in [1.29, 1.82) is 5.26 Å². The van der Waals surface area contributed by atoms with Crippen LogP contribution in [0.5, 0.6) is 0 Å². The van der Waals surface area contributed by atoms with Crippen LogP contribution in [-0.2, 0) is 15.6 Å². The van der Waals surface area contributed by atoms with Crippen LogP contribution in [0.15, 0.2) is 53.7 Å². The number of aromatic nitrogens is 1. The molecule has 1 aliphatic carbocycles. The van der Waals surface area contributed by atoms with Crippen LogP contribution in [0.4, 0.5) is 17.6 Å². The maximum Gasteiger partial charge on any atom is 0.407 e. The smallest absolute Gasteiger partial charge is 0.340 e. The van der Waals surface area contributed by atoms with Gasteiger partial charge in [0, 0.05) is 18.0 Å². The van der Waals surface area contributed by atoms with Gasteiger partial charge in [-0.1, -0.05) is 18.2 Å². The van der Waals surface area contributed by atoms with Gasteiger partial charge in [0.1, 0.15) is 22.4 Å². The van der Waals surface area contributed by atoms with Crippen molar-refractivity contribution in [1.82, 2.24) is 15.6 Å². The molecular formula is C22H24F4N4O2S. The molecule has 3 atom stereocenters. The van der Waals surface area contributed by atoms with Crippen LogP contribution in [0.1, 0.15) is 37.8 Å². The molecule has 0 saturated heterocycles. The van der Waals surface area contributed by atoms with Crippen molar-refractivity contribution in [3.8, 4) is 6.07 Å². The number of alkyl halides is 3. The highest BCUT2D eigenvalue weighted by atomic mass is 32.2. The van der Waals surface area contributed by atoms with Gasteiger partial charge in [-0.15, -0.1) is 0 Å². The van der Waals surface area contributed by atoms with Gasteiger partial charge in [0.05, 0.1) is 16.9 Å². The van der Waals surface area contributed by atoms with E-state index in [0.717, 1.165) is 37.1 Å². The maximum absolute atomic E-state index is 13.3. The van der Waals surface area contributed by atoms with Gasteiger partial charge in [0.15, 0.2) is 0 Å². The van der Waals surface area contributed by atoms with Gasteiger partial charge < -0.3 is 5.32 Å². The standard InChI is InChI=1S/C17H18F4N2OS.C5H6N2O/c1-12(9-11-25(24)15-4-2-3-10-22-15)23-16(17(19,20)21)13-5-7-14(18)8-6-13;6-3-5(1-2-5)7-4-8/h2-8,10,12,16,23H,9,11H2,1H3;4H,1-2H2,(H,7,8). The van der Waals surface area contributed by atoms with Crippen molar-refractivity contribution in [2.24, 2.45) is 0 Å². The lowest BCUT2D eigenvalue weighted by atomic mass is 10.0. The van der Waals surface area contributed by atoms with Crippen molar-refractivity contribution in [3.63, 3.8) is 0 Å². The van der Waals surface area contributed by atoms with Gasteiger partial charge in [0.25, 0.3) is 0 Å². The van der Waals surface area contributed by atoms with Crippen LogP contribution in [0.25, 0.3) is 0 Å². The molecule has 0 radical (unpaired) electrons. The Morgan fingerprint density at radius 3 is 2.36 bits per heavy atom. The van der Waals surface area contributed by atoms with E-state index in [1.807, 2.05) is 6.07 Å². The minimum absolute atomic E-state index is 0.0633. The second-order valence-electron chi connectivity index (χ2n) is 7.56. The zero-order valence-corrected chi connectivity index (χ0v) is 18.6. The Bertz CT molecular complexity index is 961. The van der Waals surface area contributed by atoms with E-state index in [2.05, 4.69) is 15.6 Å². The highest BCUT2D eigenvalue weighted by molar-refractivity contribution is 7.84. The average molecular weight is 485 g/mol. The minimum atomic E-state index is -4.52. The Balaban J connectivity index is 0.000000405. The third-order valence-electron chi connectivity index (χ3n) is 4.89. The van der Waals surface area contributed by atoms with E-state index >= 15 is 0 Å². The number of pyridine rings is 1. The van der Waals surface area contributed by atoms with Gasteiger partial charge in [0.2, 0.25) is 6.41 Å². The number of nitrogens with zero attached hydrogens (tertiary/aromatic N) is 2. The van der Waals surface area contributed by atoms with E-state index in [9.17, 15) is 26.6 Å². The molecule has 33 heavy (non-hydrogen) atoms. The number of rotatable bonds is 9. The molecule has 1 saturated carbocycles. The summed E-state index contributed by atoms with van der Waals surface area (Å²) in [6, 6.07) is 8.79. The van der Waals surface area contributed by atoms with Gasteiger partial charge in [-0.25, -0.2) is 9.37 Å². The van der Waals surface area contributed by atoms with Crippen molar-refractivity contribution in [2.45, 2.75) is 55.0 Å². The normalized spacial score (nSPS) is 16.8. The van der Waals surface area contributed by atoms with Crippen molar-refractivity contribution >= 4 is 17.2 Å². The number of carbonyl (C=O) groups excluding carboxylic acids is 1. The van der Waals surface area contributed by atoms with Crippen molar-refractivity contribution in [2.75, 3.05) is 5.75 Å². The fourth-order valence-corrected chi connectivity index (χ4v) is 3.98. The molecule has 0 bridgehead atoms. The lowest BCUT2D eigenvalue weighted by Crippen LogP contribution is -2.40. The summed E-state index contributed by atoms with van der Waals surface area (Å²) >= 11 is 0. The van der Waals surface area contributed by atoms with E-state index in [4.69, 9.17) is 5.26 Å². The first-order valence-corrected chi connectivity index (χ1v) is 11.4. The first-order chi connectivity index (χ1) is 15.6. The number of hydrogen-bond acceptors (Lipinski definition) is 5. The van der Waals surface area contributed by atoms with Crippen LogP contribution in [0, 0.1) is 17.1 Å². The maximum atomic E-state index is 13.3. The molecule has 2 aromatic rings. The molecule has 1 aromatic heterocycles. The first kappa shape index (κ1) is 26.4. The Kier molecular flexibility index (Phi) is 9.49. The Hall–Kier alpha value is -2.84. The molecule has 0 aliphatic heterocycles. The molecule has 178 valence electrons. The quantitative estimate of drug-likeness (QED) is 0.417. The number of nitriles is 1. The number of halogens is 4. The third kappa shape index (κ3) is 8.55. The highest BCUT2D eigenvalue weighted by Gasteiger charge is 2.42. The summed E-state index contributed by atoms with van der Waals surface area (Å²) in [5.41, 5.74) is -0.534. The number of hydrogen-bond donors (Lipinski definition) is 2. The summed E-state index contributed by atoms with van der Waals surface area (Å²) in [6.45, 7) is 1.60. The molecular weight excluding hydrogens is 460 g/mol. The molecule has 6 nitrogen and oxygen atoms in total. The molecule has 1 amide bonds. The van der Waals surface area contributed by atoms with E-state index in [1.54, 1.807) is 25.1 Å². The summed E-state index contributed by atoms with van der Waals surface area (Å²) in [6.07, 6.45) is -0.535. The Labute approximate surface area is 191 Å². The number of nitrogens with one attached hydrogen (secondary N) is 2. The second kappa shape index (κ2) is 11.9. The summed E-state index contributed by atoms with van der Waals surface area (Å²) < 4.78 is 64.9. The first-order valence-electron chi connectivity index (χ1n) is 10.1. The topological polar surface area (TPSA) is 94.9 Å². The van der Waals surface area contributed by atoms with E-state index in [0.29, 0.717) is 11.4 Å². The molecule has 0 spiro atoms. The lowest BCUT2D eigenvalue weighted by Gasteiger charge is -2.26. The monoisotopic (exact) mass is 484 g/mol. The summed E-state index contributed by atoms with van der Waals surface area (Å²) in [5, 5.41) is 13.7. The van der Waals surface area contributed by atoms with E-state index in [1.165, 1.54) is 6.20 Å². The van der Waals surface area contributed by atoms with Crippen molar-refractivity contribution < 1.29 is 26.6 Å². The number of benzene rings is 1. The van der Waals surface area contributed by atoms with E-state index in [-0.39, 0.29) is 17.7 Å². The Morgan fingerprint density at radius 1 is 1.24 bits per heavy atom. The molecule has 3 rings (SSSR count). The fraction of sp³-hybridized carbons (Fsp3) is 0.409. The third-order valence-corrected chi connectivity index (χ3v) is 6.20. The summed E-state index contributed by atoms with van der Waals surface area (Å²) in [7, 11) is -1.37. The summed E-state index contributed by atoms with van der Waals surface area (Å²) in [5.74, 6) is -0.400. The van der Waals surface area contributed by atoms with Gasteiger partial charge in [-0.3, -0.25) is 14.3 Å². The van der Waals surface area contributed by atoms with Gasteiger partial charge in [-0.2, -0.15) is 18.4 Å². The second-order valence-corrected chi connectivity index (χ2v) is 9.07. The minimum Gasteiger partial charge on any atom is -0.340 e. The number of amides is 1. The summed E-state index contributed by atoms with van der Waals surface area (Å²) in [4.78, 5) is 13.7. The lowest BCUT2D eigenvalue weighted by molar-refractivity contribution is -0.159. The SMILES string of the molecule is CC(CCS(=O)c1ccccn1)NC(c1ccc(F)cc1)C(F)(F)F.N#CC1(NC=O)CC1. The molecule has 2 N–H and O–H groups in total. The molecule has 1 aliphatic rings. The fourth-order valence-electron chi connectivity index (χ4n) is 2.80. The van der Waals surface area contributed by atoms with Crippen LogP contribution < -0.4 is 10.6 Å².